The molecule has 0 atom stereocenters. The first-order chi connectivity index (χ1) is 9.49. The highest BCUT2D eigenvalue weighted by molar-refractivity contribution is 7.90. The summed E-state index contributed by atoms with van der Waals surface area (Å²) in [5, 5.41) is 0. The zero-order chi connectivity index (χ0) is 14.6. The molecule has 0 radical (unpaired) electrons. The highest BCUT2D eigenvalue weighted by Gasteiger charge is 2.04. The van der Waals surface area contributed by atoms with Crippen LogP contribution in [-0.2, 0) is 9.84 Å². The van der Waals surface area contributed by atoms with Crippen molar-refractivity contribution >= 4 is 28.3 Å². The Labute approximate surface area is 118 Å². The molecule has 3 nitrogen and oxygen atoms in total. The fraction of sp³-hybridized carbons (Fsp3) is 0.0625. The molecule has 0 aliphatic rings. The predicted molar refractivity (Wildman–Crippen MR) is 80.3 cm³/mol. The molecule has 0 unspecified atom stereocenters. The minimum atomic E-state index is -3.15. The lowest BCUT2D eigenvalue weighted by molar-refractivity contribution is 0.112. The van der Waals surface area contributed by atoms with Gasteiger partial charge in [0.2, 0.25) is 0 Å². The van der Waals surface area contributed by atoms with E-state index in [1.54, 1.807) is 36.4 Å². The lowest BCUT2D eigenvalue weighted by Crippen LogP contribution is -1.95. The van der Waals surface area contributed by atoms with Gasteiger partial charge in [0.1, 0.15) is 6.29 Å². The SMILES string of the molecule is CS(=O)(=O)c1ccc(C=Cc2ccc(C=O)cc2)cc1. The second-order valence-electron chi connectivity index (χ2n) is 4.46. The number of sulfone groups is 1. The number of hydrogen-bond donors (Lipinski definition) is 0. The highest BCUT2D eigenvalue weighted by Crippen LogP contribution is 2.13. The Morgan fingerprint density at radius 1 is 0.750 bits per heavy atom. The van der Waals surface area contributed by atoms with Gasteiger partial charge in [0.15, 0.2) is 9.84 Å². The number of carbonyl (C=O) groups excluding carboxylic acids is 1. The topological polar surface area (TPSA) is 51.2 Å². The molecule has 0 saturated carbocycles. The second-order valence-corrected chi connectivity index (χ2v) is 6.47. The van der Waals surface area contributed by atoms with Crippen LogP contribution in [-0.4, -0.2) is 21.0 Å². The molecule has 0 saturated heterocycles. The normalized spacial score (nSPS) is 11.7. The minimum Gasteiger partial charge on any atom is -0.298 e. The van der Waals surface area contributed by atoms with Crippen LogP contribution in [0.4, 0.5) is 0 Å². The zero-order valence-corrected chi connectivity index (χ0v) is 11.8. The molecule has 102 valence electrons. The van der Waals surface area contributed by atoms with Crippen molar-refractivity contribution in [3.63, 3.8) is 0 Å². The maximum atomic E-state index is 11.3. The summed E-state index contributed by atoms with van der Waals surface area (Å²) < 4.78 is 22.7. The molecule has 2 aromatic rings. The van der Waals surface area contributed by atoms with Gasteiger partial charge in [-0.25, -0.2) is 8.42 Å². The Bertz CT molecular complexity index is 724. The first-order valence-electron chi connectivity index (χ1n) is 6.02. The summed E-state index contributed by atoms with van der Waals surface area (Å²) in [6.45, 7) is 0. The van der Waals surface area contributed by atoms with Crippen LogP contribution < -0.4 is 0 Å². The van der Waals surface area contributed by atoms with E-state index in [0.29, 0.717) is 10.5 Å². The smallest absolute Gasteiger partial charge is 0.175 e. The number of benzene rings is 2. The van der Waals surface area contributed by atoms with Gasteiger partial charge in [-0.1, -0.05) is 48.6 Å². The maximum Gasteiger partial charge on any atom is 0.175 e. The lowest BCUT2D eigenvalue weighted by atomic mass is 10.1. The molecule has 4 heteroatoms. The standard InChI is InChI=1S/C16H14O3S/c1-20(18,19)16-10-8-14(9-11-16)3-2-13-4-6-15(12-17)7-5-13/h2-12H,1H3. The van der Waals surface area contributed by atoms with Crippen LogP contribution in [0.5, 0.6) is 0 Å². The third-order valence-electron chi connectivity index (χ3n) is 2.85. The van der Waals surface area contributed by atoms with E-state index in [9.17, 15) is 13.2 Å². The van der Waals surface area contributed by atoms with E-state index in [4.69, 9.17) is 0 Å². The third kappa shape index (κ3) is 3.65. The van der Waals surface area contributed by atoms with E-state index in [1.165, 1.54) is 6.26 Å². The first-order valence-corrected chi connectivity index (χ1v) is 7.91. The van der Waals surface area contributed by atoms with E-state index in [-0.39, 0.29) is 0 Å². The number of aldehydes is 1. The van der Waals surface area contributed by atoms with Crippen molar-refractivity contribution in [2.24, 2.45) is 0 Å². The monoisotopic (exact) mass is 286 g/mol. The third-order valence-corrected chi connectivity index (χ3v) is 3.98. The van der Waals surface area contributed by atoms with Crippen molar-refractivity contribution in [1.29, 1.82) is 0 Å². The Kier molecular flexibility index (Phi) is 4.15. The molecule has 2 aromatic carbocycles. The summed E-state index contributed by atoms with van der Waals surface area (Å²) >= 11 is 0. The van der Waals surface area contributed by atoms with Crippen LogP contribution in [0.15, 0.2) is 53.4 Å². The molecule has 0 fully saturated rings. The van der Waals surface area contributed by atoms with E-state index in [0.717, 1.165) is 17.4 Å². The summed E-state index contributed by atoms with van der Waals surface area (Å²) in [6.07, 6.45) is 5.79. The molecule has 0 bridgehead atoms. The van der Waals surface area contributed by atoms with Crippen molar-refractivity contribution in [2.75, 3.05) is 6.26 Å². The maximum absolute atomic E-state index is 11.3. The number of hydrogen-bond acceptors (Lipinski definition) is 3. The van der Waals surface area contributed by atoms with Gasteiger partial charge in [-0.3, -0.25) is 4.79 Å². The fourth-order valence-corrected chi connectivity index (χ4v) is 2.33. The minimum absolute atomic E-state index is 0.310. The summed E-state index contributed by atoms with van der Waals surface area (Å²) in [5.74, 6) is 0. The molecular weight excluding hydrogens is 272 g/mol. The molecule has 20 heavy (non-hydrogen) atoms. The fourth-order valence-electron chi connectivity index (χ4n) is 1.70. The summed E-state index contributed by atoms with van der Waals surface area (Å²) in [5.41, 5.74) is 2.53. The Morgan fingerprint density at radius 3 is 1.55 bits per heavy atom. The van der Waals surface area contributed by atoms with Crippen molar-refractivity contribution in [3.8, 4) is 0 Å². The van der Waals surface area contributed by atoms with Gasteiger partial charge in [0.25, 0.3) is 0 Å². The van der Waals surface area contributed by atoms with Crippen LogP contribution in [0.25, 0.3) is 12.2 Å². The van der Waals surface area contributed by atoms with Crippen LogP contribution in [0.3, 0.4) is 0 Å². The Hall–Kier alpha value is -2.20. The van der Waals surface area contributed by atoms with Crippen molar-refractivity contribution in [3.05, 3.63) is 65.2 Å². The molecule has 0 N–H and O–H groups in total. The van der Waals surface area contributed by atoms with Crippen LogP contribution in [0, 0.1) is 0 Å². The molecule has 0 spiro atoms. The van der Waals surface area contributed by atoms with E-state index < -0.39 is 9.84 Å². The van der Waals surface area contributed by atoms with Gasteiger partial charge >= 0.3 is 0 Å². The quantitative estimate of drug-likeness (QED) is 0.641. The molecule has 2 rings (SSSR count). The molecule has 0 aromatic heterocycles. The Balaban J connectivity index is 2.16. The average molecular weight is 286 g/mol. The van der Waals surface area contributed by atoms with Gasteiger partial charge in [-0.05, 0) is 23.3 Å². The molecular formula is C16H14O3S. The Morgan fingerprint density at radius 2 is 1.15 bits per heavy atom. The van der Waals surface area contributed by atoms with E-state index >= 15 is 0 Å². The molecule has 0 aliphatic carbocycles. The zero-order valence-electron chi connectivity index (χ0n) is 11.0. The van der Waals surface area contributed by atoms with Crippen LogP contribution in [0.1, 0.15) is 21.5 Å². The van der Waals surface area contributed by atoms with Gasteiger partial charge in [-0.15, -0.1) is 0 Å². The summed E-state index contributed by atoms with van der Waals surface area (Å²) in [7, 11) is -3.15. The van der Waals surface area contributed by atoms with Crippen molar-refractivity contribution in [1.82, 2.24) is 0 Å². The average Bonchev–Trinajstić information content (AvgIpc) is 2.45. The molecule has 0 heterocycles. The van der Waals surface area contributed by atoms with Crippen molar-refractivity contribution < 1.29 is 13.2 Å². The summed E-state index contributed by atoms with van der Waals surface area (Å²) in [6, 6.07) is 13.9. The molecule has 0 aliphatic heterocycles. The van der Waals surface area contributed by atoms with Crippen molar-refractivity contribution in [2.45, 2.75) is 4.90 Å². The van der Waals surface area contributed by atoms with Gasteiger partial charge in [0.05, 0.1) is 4.90 Å². The molecule has 0 amide bonds. The van der Waals surface area contributed by atoms with Gasteiger partial charge in [-0.2, -0.15) is 0 Å². The lowest BCUT2D eigenvalue weighted by Gasteiger charge is -1.99. The first kappa shape index (κ1) is 14.2. The largest absolute Gasteiger partial charge is 0.298 e. The number of carbonyl (C=O) groups is 1. The number of rotatable bonds is 4. The summed E-state index contributed by atoms with van der Waals surface area (Å²) in [4.78, 5) is 10.9. The van der Waals surface area contributed by atoms with E-state index in [1.807, 2.05) is 24.3 Å². The van der Waals surface area contributed by atoms with E-state index in [2.05, 4.69) is 0 Å². The van der Waals surface area contributed by atoms with Gasteiger partial charge in [0, 0.05) is 11.8 Å². The second kappa shape index (κ2) is 5.84. The highest BCUT2D eigenvalue weighted by atomic mass is 32.2. The predicted octanol–water partition coefficient (Wildman–Crippen LogP) is 3.07. The van der Waals surface area contributed by atoms with Crippen LogP contribution in [0.2, 0.25) is 0 Å². The van der Waals surface area contributed by atoms with Gasteiger partial charge < -0.3 is 0 Å². The van der Waals surface area contributed by atoms with Crippen LogP contribution >= 0.6 is 0 Å².